The van der Waals surface area contributed by atoms with Crippen molar-refractivity contribution in [2.45, 2.75) is 0 Å². The molecule has 0 bridgehead atoms. The summed E-state index contributed by atoms with van der Waals surface area (Å²) in [5.74, 6) is 0. The first kappa shape index (κ1) is 28.3. The summed E-state index contributed by atoms with van der Waals surface area (Å²) in [5.41, 5.74) is 10.5. The van der Waals surface area contributed by atoms with Crippen LogP contribution in [0.3, 0.4) is 0 Å². The molecule has 0 aliphatic carbocycles. The molecule has 0 fully saturated rings. The Bertz CT molecular complexity index is 2740. The van der Waals surface area contributed by atoms with Gasteiger partial charge in [0.15, 0.2) is 0 Å². The van der Waals surface area contributed by atoms with Gasteiger partial charge in [-0.05, 0) is 80.2 Å². The highest BCUT2D eigenvalue weighted by atomic mass is 15.0. The van der Waals surface area contributed by atoms with Crippen molar-refractivity contribution in [3.8, 4) is 51.2 Å². The Balaban J connectivity index is 1.36. The van der Waals surface area contributed by atoms with Crippen LogP contribution in [0.15, 0.2) is 164 Å². The molecule has 0 saturated carbocycles. The van der Waals surface area contributed by atoms with E-state index in [0.717, 1.165) is 76.9 Å². The van der Waals surface area contributed by atoms with E-state index >= 15 is 0 Å². The highest BCUT2D eigenvalue weighted by Crippen LogP contribution is 2.46. The van der Waals surface area contributed by atoms with Crippen LogP contribution < -0.4 is 0 Å². The van der Waals surface area contributed by atoms with E-state index in [-0.39, 0.29) is 0 Å². The number of benzene rings is 8. The summed E-state index contributed by atoms with van der Waals surface area (Å²) in [7, 11) is 0. The molecule has 0 radical (unpaired) electrons. The fourth-order valence-electron chi connectivity index (χ4n) is 7.56. The van der Waals surface area contributed by atoms with Gasteiger partial charge < -0.3 is 4.57 Å². The lowest BCUT2D eigenvalue weighted by molar-refractivity contribution is 1.18. The molecule has 0 aliphatic heterocycles. The van der Waals surface area contributed by atoms with Crippen molar-refractivity contribution in [1.82, 2.24) is 4.57 Å². The van der Waals surface area contributed by atoms with E-state index in [9.17, 15) is 10.5 Å². The summed E-state index contributed by atoms with van der Waals surface area (Å²) >= 11 is 0. The summed E-state index contributed by atoms with van der Waals surface area (Å²) in [4.78, 5) is 0. The second kappa shape index (κ2) is 11.4. The van der Waals surface area contributed by atoms with E-state index in [0.29, 0.717) is 11.1 Å². The van der Waals surface area contributed by atoms with Crippen LogP contribution in [0.4, 0.5) is 0 Å². The summed E-state index contributed by atoms with van der Waals surface area (Å²) in [6.07, 6.45) is 0. The van der Waals surface area contributed by atoms with Crippen molar-refractivity contribution in [2.75, 3.05) is 0 Å². The lowest BCUT2D eigenvalue weighted by Crippen LogP contribution is -1.99. The van der Waals surface area contributed by atoms with Gasteiger partial charge in [0.05, 0.1) is 40.0 Å². The predicted octanol–water partition coefficient (Wildman–Crippen LogP) is 11.8. The Labute approximate surface area is 283 Å². The van der Waals surface area contributed by atoms with Crippen LogP contribution in [-0.2, 0) is 0 Å². The number of fused-ring (bicyclic) bond motifs is 5. The molecule has 3 nitrogen and oxygen atoms in total. The zero-order chi connectivity index (χ0) is 32.9. The Morgan fingerprint density at radius 3 is 1.49 bits per heavy atom. The van der Waals surface area contributed by atoms with E-state index in [1.54, 1.807) is 0 Å². The third-order valence-corrected chi connectivity index (χ3v) is 9.66. The van der Waals surface area contributed by atoms with Gasteiger partial charge in [0.2, 0.25) is 0 Å². The monoisotopic (exact) mass is 621 g/mol. The van der Waals surface area contributed by atoms with E-state index in [2.05, 4.69) is 144 Å². The largest absolute Gasteiger partial charge is 0.309 e. The number of hydrogen-bond acceptors (Lipinski definition) is 2. The topological polar surface area (TPSA) is 52.5 Å². The molecule has 9 rings (SSSR count). The zero-order valence-corrected chi connectivity index (χ0v) is 26.4. The first-order chi connectivity index (χ1) is 24.2. The molecule has 0 spiro atoms. The summed E-state index contributed by atoms with van der Waals surface area (Å²) in [5, 5.41) is 27.3. The number of hydrogen-bond donors (Lipinski definition) is 0. The van der Waals surface area contributed by atoms with Crippen molar-refractivity contribution in [1.29, 1.82) is 10.5 Å². The smallest absolute Gasteiger partial charge is 0.0998 e. The molecule has 9 aromatic rings. The van der Waals surface area contributed by atoms with Gasteiger partial charge in [-0.25, -0.2) is 0 Å². The SMILES string of the molecule is N#Cc1ccc(-c2ccc(C#N)c(-c3c4ccccc4c(-c4ccccc4)c4ccccc34)c2)c(-n2c3ccccc3c3ccccc32)c1. The van der Waals surface area contributed by atoms with E-state index in [1.807, 2.05) is 36.4 Å². The molecule has 0 amide bonds. The molecule has 49 heavy (non-hydrogen) atoms. The molecule has 1 heterocycles. The molecule has 0 saturated heterocycles. The maximum absolute atomic E-state index is 10.5. The maximum Gasteiger partial charge on any atom is 0.0998 e. The summed E-state index contributed by atoms with van der Waals surface area (Å²) in [6.45, 7) is 0. The minimum Gasteiger partial charge on any atom is -0.309 e. The average molecular weight is 622 g/mol. The van der Waals surface area contributed by atoms with Crippen LogP contribution >= 0.6 is 0 Å². The van der Waals surface area contributed by atoms with E-state index < -0.39 is 0 Å². The fourth-order valence-corrected chi connectivity index (χ4v) is 7.56. The molecule has 3 heteroatoms. The average Bonchev–Trinajstić information content (AvgIpc) is 3.51. The predicted molar refractivity (Wildman–Crippen MR) is 202 cm³/mol. The lowest BCUT2D eigenvalue weighted by Gasteiger charge is -2.19. The van der Waals surface area contributed by atoms with Gasteiger partial charge in [0, 0.05) is 21.9 Å². The maximum atomic E-state index is 10.5. The van der Waals surface area contributed by atoms with Gasteiger partial charge in [-0.2, -0.15) is 10.5 Å². The second-order valence-electron chi connectivity index (χ2n) is 12.3. The van der Waals surface area contributed by atoms with Crippen LogP contribution in [0.1, 0.15) is 11.1 Å². The third-order valence-electron chi connectivity index (χ3n) is 9.66. The normalized spacial score (nSPS) is 11.2. The molecular formula is C46H27N3. The van der Waals surface area contributed by atoms with Crippen molar-refractivity contribution in [2.24, 2.45) is 0 Å². The quantitative estimate of drug-likeness (QED) is 0.184. The Morgan fingerprint density at radius 1 is 0.388 bits per heavy atom. The van der Waals surface area contributed by atoms with Crippen molar-refractivity contribution in [3.63, 3.8) is 0 Å². The fraction of sp³-hybridized carbons (Fsp3) is 0. The van der Waals surface area contributed by atoms with Crippen LogP contribution in [-0.4, -0.2) is 4.57 Å². The first-order valence-corrected chi connectivity index (χ1v) is 16.3. The van der Waals surface area contributed by atoms with Crippen LogP contribution in [0.25, 0.3) is 82.4 Å². The molecule has 1 aromatic heterocycles. The highest BCUT2D eigenvalue weighted by molar-refractivity contribution is 6.22. The Hall–Kier alpha value is -6.94. The molecule has 226 valence electrons. The molecule has 0 unspecified atom stereocenters. The number of para-hydroxylation sites is 2. The standard InChI is InChI=1S/C46H27N3/c47-28-30-22-25-34(44(26-30)49-42-20-10-8-14-35(42)36-15-9-11-21-43(36)49)32-23-24-33(29-48)41(27-32)46-39-18-6-4-16-37(39)45(31-12-2-1-3-13-31)38-17-5-7-19-40(38)46/h1-27H. The van der Waals surface area contributed by atoms with Gasteiger partial charge in [0.1, 0.15) is 0 Å². The number of nitriles is 2. The third kappa shape index (κ3) is 4.42. The van der Waals surface area contributed by atoms with Crippen molar-refractivity contribution >= 4 is 43.4 Å². The van der Waals surface area contributed by atoms with Crippen molar-refractivity contribution in [3.05, 3.63) is 175 Å². The Morgan fingerprint density at radius 2 is 0.918 bits per heavy atom. The van der Waals surface area contributed by atoms with Gasteiger partial charge >= 0.3 is 0 Å². The van der Waals surface area contributed by atoms with Gasteiger partial charge in [0.25, 0.3) is 0 Å². The highest BCUT2D eigenvalue weighted by Gasteiger charge is 2.21. The molecule has 8 aromatic carbocycles. The van der Waals surface area contributed by atoms with E-state index in [4.69, 9.17) is 0 Å². The van der Waals surface area contributed by atoms with Gasteiger partial charge in [-0.3, -0.25) is 0 Å². The number of nitrogens with zero attached hydrogens (tertiary/aromatic N) is 3. The number of aromatic nitrogens is 1. The zero-order valence-electron chi connectivity index (χ0n) is 26.4. The summed E-state index contributed by atoms with van der Waals surface area (Å²) < 4.78 is 2.26. The minimum absolute atomic E-state index is 0.586. The molecular weight excluding hydrogens is 595 g/mol. The van der Waals surface area contributed by atoms with E-state index in [1.165, 1.54) is 5.56 Å². The van der Waals surface area contributed by atoms with Crippen molar-refractivity contribution < 1.29 is 0 Å². The first-order valence-electron chi connectivity index (χ1n) is 16.3. The Kier molecular flexibility index (Phi) is 6.58. The van der Waals surface area contributed by atoms with Crippen LogP contribution in [0.5, 0.6) is 0 Å². The van der Waals surface area contributed by atoms with Crippen LogP contribution in [0.2, 0.25) is 0 Å². The summed E-state index contributed by atoms with van der Waals surface area (Å²) in [6, 6.07) is 61.3. The molecule has 0 atom stereocenters. The lowest BCUT2D eigenvalue weighted by atomic mass is 9.84. The minimum atomic E-state index is 0.586. The van der Waals surface area contributed by atoms with Gasteiger partial charge in [-0.15, -0.1) is 0 Å². The molecule has 0 N–H and O–H groups in total. The molecule has 0 aliphatic rings. The van der Waals surface area contributed by atoms with Crippen LogP contribution in [0, 0.1) is 22.7 Å². The number of rotatable bonds is 4. The van der Waals surface area contributed by atoms with Gasteiger partial charge in [-0.1, -0.05) is 127 Å². The second-order valence-corrected chi connectivity index (χ2v) is 12.3.